The number of ether oxygens (including phenoxy) is 2. The molecule has 2 aromatic carbocycles. The van der Waals surface area contributed by atoms with Crippen molar-refractivity contribution in [2.45, 2.75) is 69.9 Å². The highest BCUT2D eigenvalue weighted by Crippen LogP contribution is 2.39. The first-order chi connectivity index (χ1) is 14.1. The summed E-state index contributed by atoms with van der Waals surface area (Å²) in [6.45, 7) is 5.03. The van der Waals surface area contributed by atoms with Gasteiger partial charge in [-0.15, -0.1) is 0 Å². The lowest BCUT2D eigenvalue weighted by Crippen LogP contribution is -2.50. The third kappa shape index (κ3) is 3.88. The SMILES string of the molecule is CNC1CCC2(CC1)CN(Cc1ccc3c(c1)C[C@@H](C)O3)Cc1ccccc1O2. The predicted octanol–water partition coefficient (Wildman–Crippen LogP) is 4.31. The summed E-state index contributed by atoms with van der Waals surface area (Å²) in [5.74, 6) is 2.14. The topological polar surface area (TPSA) is 33.7 Å². The molecule has 29 heavy (non-hydrogen) atoms. The monoisotopic (exact) mass is 392 g/mol. The van der Waals surface area contributed by atoms with Crippen molar-refractivity contribution in [2.24, 2.45) is 0 Å². The minimum atomic E-state index is -0.0751. The summed E-state index contributed by atoms with van der Waals surface area (Å²) in [7, 11) is 2.08. The number of para-hydroxylation sites is 1. The summed E-state index contributed by atoms with van der Waals surface area (Å²) < 4.78 is 12.6. The largest absolute Gasteiger partial charge is 0.490 e. The summed E-state index contributed by atoms with van der Waals surface area (Å²) in [5, 5.41) is 3.46. The molecule has 0 aromatic heterocycles. The summed E-state index contributed by atoms with van der Waals surface area (Å²) >= 11 is 0. The van der Waals surface area contributed by atoms with Gasteiger partial charge in [0.1, 0.15) is 23.2 Å². The molecule has 1 atom stereocenters. The van der Waals surface area contributed by atoms with Crippen LogP contribution in [0.25, 0.3) is 0 Å². The zero-order valence-electron chi connectivity index (χ0n) is 17.6. The van der Waals surface area contributed by atoms with E-state index in [9.17, 15) is 0 Å². The van der Waals surface area contributed by atoms with Gasteiger partial charge < -0.3 is 14.8 Å². The third-order valence-electron chi connectivity index (χ3n) is 6.88. The van der Waals surface area contributed by atoms with Crippen molar-refractivity contribution in [2.75, 3.05) is 13.6 Å². The summed E-state index contributed by atoms with van der Waals surface area (Å²) in [4.78, 5) is 2.59. The highest BCUT2D eigenvalue weighted by atomic mass is 16.5. The molecule has 0 radical (unpaired) electrons. The van der Waals surface area contributed by atoms with Gasteiger partial charge in [0.2, 0.25) is 0 Å². The number of hydrogen-bond acceptors (Lipinski definition) is 4. The normalized spacial score (nSPS) is 28.9. The summed E-state index contributed by atoms with van der Waals surface area (Å²) in [6, 6.07) is 16.0. The number of nitrogens with zero attached hydrogens (tertiary/aromatic N) is 1. The molecule has 3 aliphatic rings. The Bertz CT molecular complexity index is 873. The summed E-state index contributed by atoms with van der Waals surface area (Å²) in [5.41, 5.74) is 3.96. The fraction of sp³-hybridized carbons (Fsp3) is 0.520. The fourth-order valence-electron chi connectivity index (χ4n) is 5.34. The number of rotatable bonds is 3. The maximum absolute atomic E-state index is 6.74. The van der Waals surface area contributed by atoms with Crippen LogP contribution >= 0.6 is 0 Å². The molecule has 1 fully saturated rings. The molecule has 2 aliphatic heterocycles. The van der Waals surface area contributed by atoms with Crippen molar-refractivity contribution >= 4 is 0 Å². The standard InChI is InChI=1S/C25H32N2O2/c1-18-13-21-14-19(7-8-23(21)28-18)15-27-16-20-5-3-4-6-24(20)29-25(17-27)11-9-22(26-2)10-12-25/h3-8,14,18,22,26H,9-13,15-17H2,1-2H3/t18-,22?,25?/m1/s1. The Hall–Kier alpha value is -2.04. The molecule has 2 aromatic rings. The number of fused-ring (bicyclic) bond motifs is 2. The zero-order valence-corrected chi connectivity index (χ0v) is 17.6. The molecule has 5 rings (SSSR count). The van der Waals surface area contributed by atoms with Crippen molar-refractivity contribution in [3.05, 3.63) is 59.2 Å². The van der Waals surface area contributed by atoms with Crippen molar-refractivity contribution in [1.82, 2.24) is 10.2 Å². The average Bonchev–Trinajstić information content (AvgIpc) is 3.01. The van der Waals surface area contributed by atoms with Crippen LogP contribution in [0.2, 0.25) is 0 Å². The molecule has 1 saturated carbocycles. The van der Waals surface area contributed by atoms with Gasteiger partial charge in [-0.2, -0.15) is 0 Å². The Morgan fingerprint density at radius 1 is 1.07 bits per heavy atom. The Morgan fingerprint density at radius 3 is 2.72 bits per heavy atom. The molecule has 0 unspecified atom stereocenters. The van der Waals surface area contributed by atoms with E-state index in [1.54, 1.807) is 0 Å². The van der Waals surface area contributed by atoms with E-state index in [4.69, 9.17) is 9.47 Å². The van der Waals surface area contributed by atoms with E-state index in [-0.39, 0.29) is 5.60 Å². The Balaban J connectivity index is 1.40. The lowest BCUT2D eigenvalue weighted by atomic mass is 9.81. The second kappa shape index (κ2) is 7.66. The number of hydrogen-bond donors (Lipinski definition) is 1. The van der Waals surface area contributed by atoms with Gasteiger partial charge in [-0.25, -0.2) is 0 Å². The van der Waals surface area contributed by atoms with Crippen LogP contribution in [0.3, 0.4) is 0 Å². The minimum absolute atomic E-state index is 0.0751. The Labute approximate surface area is 174 Å². The lowest BCUT2D eigenvalue weighted by molar-refractivity contribution is -0.00321. The molecule has 0 bridgehead atoms. The first-order valence-electron chi connectivity index (χ1n) is 11.1. The smallest absolute Gasteiger partial charge is 0.124 e. The molecule has 4 nitrogen and oxygen atoms in total. The van der Waals surface area contributed by atoms with Crippen LogP contribution in [0.4, 0.5) is 0 Å². The quantitative estimate of drug-likeness (QED) is 0.844. The van der Waals surface area contributed by atoms with Crippen molar-refractivity contribution < 1.29 is 9.47 Å². The van der Waals surface area contributed by atoms with Crippen LogP contribution in [0.5, 0.6) is 11.5 Å². The molecular formula is C25H32N2O2. The molecule has 2 heterocycles. The molecule has 4 heteroatoms. The molecule has 0 saturated heterocycles. The second-order valence-corrected chi connectivity index (χ2v) is 9.18. The lowest BCUT2D eigenvalue weighted by Gasteiger charge is -2.41. The van der Waals surface area contributed by atoms with Gasteiger partial charge in [-0.1, -0.05) is 30.3 Å². The summed E-state index contributed by atoms with van der Waals surface area (Å²) in [6.07, 6.45) is 5.90. The van der Waals surface area contributed by atoms with E-state index in [1.165, 1.54) is 29.5 Å². The zero-order chi connectivity index (χ0) is 19.8. The van der Waals surface area contributed by atoms with Gasteiger partial charge in [0, 0.05) is 37.7 Å². The van der Waals surface area contributed by atoms with Gasteiger partial charge >= 0.3 is 0 Å². The molecule has 1 aliphatic carbocycles. The van der Waals surface area contributed by atoms with Gasteiger partial charge in [0.25, 0.3) is 0 Å². The molecule has 1 spiro atoms. The van der Waals surface area contributed by atoms with Crippen molar-refractivity contribution in [3.8, 4) is 11.5 Å². The van der Waals surface area contributed by atoms with Crippen LogP contribution in [0, 0.1) is 0 Å². The maximum Gasteiger partial charge on any atom is 0.124 e. The second-order valence-electron chi connectivity index (χ2n) is 9.18. The van der Waals surface area contributed by atoms with Crippen LogP contribution in [-0.2, 0) is 19.5 Å². The predicted molar refractivity (Wildman–Crippen MR) is 115 cm³/mol. The van der Waals surface area contributed by atoms with Crippen LogP contribution in [0.1, 0.15) is 49.3 Å². The van der Waals surface area contributed by atoms with Gasteiger partial charge in [0.05, 0.1) is 0 Å². The van der Waals surface area contributed by atoms with E-state index in [2.05, 4.69) is 66.7 Å². The molecule has 0 amide bonds. The van der Waals surface area contributed by atoms with Crippen LogP contribution < -0.4 is 14.8 Å². The number of benzene rings is 2. The van der Waals surface area contributed by atoms with Gasteiger partial charge in [-0.3, -0.25) is 4.90 Å². The van der Waals surface area contributed by atoms with E-state index in [0.29, 0.717) is 12.1 Å². The molecular weight excluding hydrogens is 360 g/mol. The van der Waals surface area contributed by atoms with E-state index in [0.717, 1.165) is 50.4 Å². The molecule has 1 N–H and O–H groups in total. The van der Waals surface area contributed by atoms with Gasteiger partial charge in [0.15, 0.2) is 0 Å². The fourth-order valence-corrected chi connectivity index (χ4v) is 5.34. The Kier molecular flexibility index (Phi) is 5.00. The van der Waals surface area contributed by atoms with Crippen molar-refractivity contribution in [3.63, 3.8) is 0 Å². The number of nitrogens with one attached hydrogen (secondary N) is 1. The maximum atomic E-state index is 6.74. The minimum Gasteiger partial charge on any atom is -0.490 e. The van der Waals surface area contributed by atoms with E-state index in [1.807, 2.05) is 0 Å². The highest BCUT2D eigenvalue weighted by Gasteiger charge is 2.40. The molecule has 154 valence electrons. The van der Waals surface area contributed by atoms with Crippen molar-refractivity contribution in [1.29, 1.82) is 0 Å². The first kappa shape index (κ1) is 19.0. The first-order valence-corrected chi connectivity index (χ1v) is 11.1. The van der Waals surface area contributed by atoms with Crippen LogP contribution in [-0.4, -0.2) is 36.2 Å². The van der Waals surface area contributed by atoms with Gasteiger partial charge in [-0.05, 0) is 62.9 Å². The highest BCUT2D eigenvalue weighted by molar-refractivity contribution is 5.41. The van der Waals surface area contributed by atoms with E-state index >= 15 is 0 Å². The Morgan fingerprint density at radius 2 is 1.90 bits per heavy atom. The third-order valence-corrected chi connectivity index (χ3v) is 6.88. The van der Waals surface area contributed by atoms with Crippen LogP contribution in [0.15, 0.2) is 42.5 Å². The van der Waals surface area contributed by atoms with E-state index < -0.39 is 0 Å². The average molecular weight is 393 g/mol.